The number of ether oxygens (including phenoxy) is 1. The van der Waals surface area contributed by atoms with Gasteiger partial charge >= 0.3 is 0 Å². The number of rotatable bonds is 5. The summed E-state index contributed by atoms with van der Waals surface area (Å²) < 4.78 is 18.4. The molecule has 98 valence electrons. The van der Waals surface area contributed by atoms with Gasteiger partial charge in [0.1, 0.15) is 12.4 Å². The zero-order valence-electron chi connectivity index (χ0n) is 10.5. The number of ketones is 1. The second-order valence-corrected chi connectivity index (χ2v) is 4.95. The van der Waals surface area contributed by atoms with Crippen LogP contribution < -0.4 is 0 Å². The van der Waals surface area contributed by atoms with E-state index in [1.165, 1.54) is 44.2 Å². The molecule has 1 aromatic carbocycles. The summed E-state index contributed by atoms with van der Waals surface area (Å²) in [6.45, 7) is 0.709. The number of halogens is 1. The number of carbonyl (C=O) groups is 1. The summed E-state index contributed by atoms with van der Waals surface area (Å²) in [5.74, 6) is 0.0671. The average molecular weight is 250 g/mol. The topological polar surface area (TPSA) is 26.3 Å². The molecule has 0 atom stereocenters. The minimum atomic E-state index is -0.381. The Morgan fingerprint density at radius 3 is 2.78 bits per heavy atom. The van der Waals surface area contributed by atoms with Gasteiger partial charge in [0.05, 0.1) is 6.61 Å². The van der Waals surface area contributed by atoms with Crippen molar-refractivity contribution in [3.05, 3.63) is 35.6 Å². The van der Waals surface area contributed by atoms with Crippen LogP contribution in [-0.4, -0.2) is 19.0 Å². The van der Waals surface area contributed by atoms with Gasteiger partial charge in [0.25, 0.3) is 0 Å². The van der Waals surface area contributed by atoms with Crippen molar-refractivity contribution in [2.45, 2.75) is 32.1 Å². The van der Waals surface area contributed by atoms with Crippen LogP contribution >= 0.6 is 0 Å². The zero-order chi connectivity index (χ0) is 12.8. The predicted molar refractivity (Wildman–Crippen MR) is 68.1 cm³/mol. The lowest BCUT2D eigenvalue weighted by Gasteiger charge is -2.21. The molecule has 1 aromatic rings. The van der Waals surface area contributed by atoms with Gasteiger partial charge in [-0.05, 0) is 30.9 Å². The summed E-state index contributed by atoms with van der Waals surface area (Å²) in [6.07, 6.45) is 6.26. The van der Waals surface area contributed by atoms with Gasteiger partial charge in [-0.15, -0.1) is 0 Å². The largest absolute Gasteiger partial charge is 0.373 e. The summed E-state index contributed by atoms with van der Waals surface area (Å²) in [5, 5.41) is 0. The first kappa shape index (κ1) is 13.2. The van der Waals surface area contributed by atoms with E-state index >= 15 is 0 Å². The molecule has 0 amide bonds. The molecular formula is C15H19FO2. The highest BCUT2D eigenvalue weighted by atomic mass is 19.1. The fourth-order valence-electron chi connectivity index (χ4n) is 2.42. The third-order valence-electron chi connectivity index (χ3n) is 3.46. The first-order chi connectivity index (χ1) is 8.75. The Balaban J connectivity index is 1.74. The molecule has 0 aliphatic heterocycles. The standard InChI is InChI=1S/C15H19FO2/c16-14-8-4-7-13(9-14)15(17)11-18-10-12-5-2-1-3-6-12/h4,7-9,12H,1-3,5-6,10-11H2. The van der Waals surface area contributed by atoms with Crippen LogP contribution in [-0.2, 0) is 4.74 Å². The maximum Gasteiger partial charge on any atom is 0.188 e. The molecule has 0 unspecified atom stereocenters. The van der Waals surface area contributed by atoms with E-state index < -0.39 is 0 Å². The molecular weight excluding hydrogens is 231 g/mol. The van der Waals surface area contributed by atoms with Gasteiger partial charge in [0, 0.05) is 5.56 Å². The Morgan fingerprint density at radius 1 is 1.28 bits per heavy atom. The van der Waals surface area contributed by atoms with Gasteiger partial charge in [0.15, 0.2) is 5.78 Å². The zero-order valence-corrected chi connectivity index (χ0v) is 10.5. The van der Waals surface area contributed by atoms with Crippen molar-refractivity contribution < 1.29 is 13.9 Å². The highest BCUT2D eigenvalue weighted by Gasteiger charge is 2.14. The van der Waals surface area contributed by atoms with Gasteiger partial charge < -0.3 is 4.74 Å². The Labute approximate surface area is 107 Å². The molecule has 2 nitrogen and oxygen atoms in total. The summed E-state index contributed by atoms with van der Waals surface area (Å²) in [7, 11) is 0. The number of hydrogen-bond acceptors (Lipinski definition) is 2. The Morgan fingerprint density at radius 2 is 2.06 bits per heavy atom. The molecule has 1 saturated carbocycles. The first-order valence-electron chi connectivity index (χ1n) is 6.62. The Bertz CT molecular complexity index is 397. The van der Waals surface area contributed by atoms with Crippen molar-refractivity contribution >= 4 is 5.78 Å². The molecule has 1 aliphatic rings. The molecule has 1 aliphatic carbocycles. The fraction of sp³-hybridized carbons (Fsp3) is 0.533. The number of benzene rings is 1. The number of Topliss-reactive ketones (excluding diaryl/α,β-unsaturated/α-hetero) is 1. The van der Waals surface area contributed by atoms with E-state index in [1.807, 2.05) is 0 Å². The van der Waals surface area contributed by atoms with Crippen LogP contribution in [0.15, 0.2) is 24.3 Å². The van der Waals surface area contributed by atoms with Crippen molar-refractivity contribution in [1.29, 1.82) is 0 Å². The lowest BCUT2D eigenvalue weighted by Crippen LogP contribution is -2.17. The molecule has 2 rings (SSSR count). The lowest BCUT2D eigenvalue weighted by atomic mass is 9.90. The molecule has 18 heavy (non-hydrogen) atoms. The smallest absolute Gasteiger partial charge is 0.188 e. The molecule has 0 aromatic heterocycles. The SMILES string of the molecule is O=C(COCC1CCCCC1)c1cccc(F)c1. The molecule has 0 N–H and O–H groups in total. The van der Waals surface area contributed by atoms with Crippen LogP contribution in [0.4, 0.5) is 4.39 Å². The molecule has 0 radical (unpaired) electrons. The van der Waals surface area contributed by atoms with Crippen LogP contribution in [0.3, 0.4) is 0 Å². The maximum atomic E-state index is 12.9. The average Bonchev–Trinajstić information content (AvgIpc) is 2.40. The van der Waals surface area contributed by atoms with Gasteiger partial charge in [-0.2, -0.15) is 0 Å². The van der Waals surface area contributed by atoms with Crippen LogP contribution in [0, 0.1) is 11.7 Å². The van der Waals surface area contributed by atoms with Crippen molar-refractivity contribution in [2.24, 2.45) is 5.92 Å². The quantitative estimate of drug-likeness (QED) is 0.746. The molecule has 0 heterocycles. The van der Waals surface area contributed by atoms with Crippen LogP contribution in [0.1, 0.15) is 42.5 Å². The Kier molecular flexibility index (Phi) is 4.88. The van der Waals surface area contributed by atoms with E-state index in [1.54, 1.807) is 12.1 Å². The van der Waals surface area contributed by atoms with Crippen molar-refractivity contribution in [2.75, 3.05) is 13.2 Å². The molecule has 1 fully saturated rings. The van der Waals surface area contributed by atoms with Crippen molar-refractivity contribution in [3.63, 3.8) is 0 Å². The highest BCUT2D eigenvalue weighted by Crippen LogP contribution is 2.23. The predicted octanol–water partition coefficient (Wildman–Crippen LogP) is 3.61. The Hall–Kier alpha value is -1.22. The third-order valence-corrected chi connectivity index (χ3v) is 3.46. The first-order valence-corrected chi connectivity index (χ1v) is 6.62. The number of carbonyl (C=O) groups excluding carboxylic acids is 1. The lowest BCUT2D eigenvalue weighted by molar-refractivity contribution is 0.0628. The monoisotopic (exact) mass is 250 g/mol. The van der Waals surface area contributed by atoms with Crippen LogP contribution in [0.2, 0.25) is 0 Å². The van der Waals surface area contributed by atoms with Gasteiger partial charge in [0.2, 0.25) is 0 Å². The normalized spacial score (nSPS) is 16.7. The van der Waals surface area contributed by atoms with E-state index in [-0.39, 0.29) is 18.2 Å². The van der Waals surface area contributed by atoms with Crippen LogP contribution in [0.25, 0.3) is 0 Å². The minimum absolute atomic E-state index is 0.0555. The van der Waals surface area contributed by atoms with Gasteiger partial charge in [-0.1, -0.05) is 31.4 Å². The van der Waals surface area contributed by atoms with Crippen molar-refractivity contribution in [1.82, 2.24) is 0 Å². The second-order valence-electron chi connectivity index (χ2n) is 4.95. The summed E-state index contributed by atoms with van der Waals surface area (Å²) >= 11 is 0. The van der Waals surface area contributed by atoms with Gasteiger partial charge in [-0.3, -0.25) is 4.79 Å². The fourth-order valence-corrected chi connectivity index (χ4v) is 2.42. The number of hydrogen-bond donors (Lipinski definition) is 0. The molecule has 0 bridgehead atoms. The molecule has 3 heteroatoms. The van der Waals surface area contributed by atoms with Crippen LogP contribution in [0.5, 0.6) is 0 Å². The third kappa shape index (κ3) is 3.91. The molecule has 0 spiro atoms. The maximum absolute atomic E-state index is 12.9. The summed E-state index contributed by atoms with van der Waals surface area (Å²) in [4.78, 5) is 11.7. The minimum Gasteiger partial charge on any atom is -0.373 e. The van der Waals surface area contributed by atoms with E-state index in [9.17, 15) is 9.18 Å². The summed E-state index contributed by atoms with van der Waals surface area (Å²) in [5.41, 5.74) is 0.388. The highest BCUT2D eigenvalue weighted by molar-refractivity contribution is 5.97. The van der Waals surface area contributed by atoms with Gasteiger partial charge in [-0.25, -0.2) is 4.39 Å². The van der Waals surface area contributed by atoms with E-state index in [4.69, 9.17) is 4.74 Å². The van der Waals surface area contributed by atoms with E-state index in [0.29, 0.717) is 18.1 Å². The summed E-state index contributed by atoms with van der Waals surface area (Å²) in [6, 6.07) is 5.76. The second kappa shape index (κ2) is 6.64. The molecule has 0 saturated heterocycles. The van der Waals surface area contributed by atoms with Crippen molar-refractivity contribution in [3.8, 4) is 0 Å². The van der Waals surface area contributed by atoms with E-state index in [0.717, 1.165) is 0 Å². The van der Waals surface area contributed by atoms with E-state index in [2.05, 4.69) is 0 Å².